The Kier molecular flexibility index (Phi) is 6.43. The van der Waals surface area contributed by atoms with Crippen molar-refractivity contribution in [3.8, 4) is 11.4 Å². The maximum atomic E-state index is 13.4. The van der Waals surface area contributed by atoms with Crippen molar-refractivity contribution in [2.75, 3.05) is 26.2 Å². The molecule has 1 amide bonds. The second-order valence-corrected chi connectivity index (χ2v) is 9.41. The molecule has 1 aromatic carbocycles. The van der Waals surface area contributed by atoms with Gasteiger partial charge in [0, 0.05) is 42.0 Å². The van der Waals surface area contributed by atoms with Crippen molar-refractivity contribution in [2.24, 2.45) is 0 Å². The smallest absolute Gasteiger partial charge is 0.255 e. The topological polar surface area (TPSA) is 62.5 Å². The van der Waals surface area contributed by atoms with Crippen LogP contribution in [0.4, 0.5) is 4.39 Å². The number of nitrogens with zero attached hydrogens (tertiary/aromatic N) is 4. The van der Waals surface area contributed by atoms with E-state index in [0.717, 1.165) is 29.1 Å². The van der Waals surface area contributed by atoms with Crippen molar-refractivity contribution >= 4 is 40.2 Å². The molecule has 0 aliphatic carbocycles. The Bertz CT molecular complexity index is 1230. The first kappa shape index (κ1) is 21.7. The van der Waals surface area contributed by atoms with Crippen LogP contribution in [0, 0.1) is 5.82 Å². The van der Waals surface area contributed by atoms with E-state index >= 15 is 0 Å². The van der Waals surface area contributed by atoms with Crippen LogP contribution in [-0.4, -0.2) is 52.0 Å². The lowest BCUT2D eigenvalue weighted by Gasteiger charge is -2.34. The molecule has 3 aromatic heterocycles. The molecule has 0 unspecified atom stereocenters. The summed E-state index contributed by atoms with van der Waals surface area (Å²) in [6, 6.07) is 12.0. The molecule has 1 aliphatic heterocycles. The normalized spacial score (nSPS) is 15.2. The Balaban J connectivity index is 1.24. The summed E-state index contributed by atoms with van der Waals surface area (Å²) in [5.74, 6) is 0.868. The van der Waals surface area contributed by atoms with Crippen LogP contribution in [-0.2, 0) is 11.3 Å². The van der Waals surface area contributed by atoms with Gasteiger partial charge in [0.25, 0.3) is 5.91 Å². The molecule has 1 aliphatic rings. The number of carbonyl (C=O) groups is 1. The molecule has 0 radical (unpaired) electrons. The Hall–Kier alpha value is -3.14. The van der Waals surface area contributed by atoms with Crippen LogP contribution in [0.5, 0.6) is 0 Å². The number of carbonyl (C=O) groups excluding carboxylic acids is 1. The maximum Gasteiger partial charge on any atom is 0.255 e. The monoisotopic (exact) mass is 480 g/mol. The fourth-order valence-electron chi connectivity index (χ4n) is 3.69. The summed E-state index contributed by atoms with van der Waals surface area (Å²) in [7, 11) is 0. The van der Waals surface area contributed by atoms with Gasteiger partial charge in [-0.15, -0.1) is 11.3 Å². The first-order valence-electron chi connectivity index (χ1n) is 10.5. The number of halogens is 1. The molecule has 0 atom stereocenters. The van der Waals surface area contributed by atoms with E-state index in [9.17, 15) is 9.18 Å². The third kappa shape index (κ3) is 5.11. The minimum absolute atomic E-state index is 0.0149. The predicted molar refractivity (Wildman–Crippen MR) is 128 cm³/mol. The van der Waals surface area contributed by atoms with Gasteiger partial charge in [-0.3, -0.25) is 9.69 Å². The summed E-state index contributed by atoms with van der Waals surface area (Å²) < 4.78 is 18.7. The fourth-order valence-corrected chi connectivity index (χ4v) is 5.06. The third-order valence-electron chi connectivity index (χ3n) is 5.46. The van der Waals surface area contributed by atoms with Gasteiger partial charge in [0.05, 0.1) is 12.1 Å². The zero-order valence-corrected chi connectivity index (χ0v) is 19.3. The van der Waals surface area contributed by atoms with Crippen LogP contribution in [0.15, 0.2) is 63.1 Å². The molecule has 0 bridgehead atoms. The average molecular weight is 481 g/mol. The van der Waals surface area contributed by atoms with Gasteiger partial charge in [0.1, 0.15) is 5.82 Å². The number of hydrogen-bond donors (Lipinski definition) is 0. The second kappa shape index (κ2) is 9.78. The quantitative estimate of drug-likeness (QED) is 0.368. The van der Waals surface area contributed by atoms with Gasteiger partial charge in [-0.05, 0) is 46.7 Å². The molecule has 4 aromatic rings. The van der Waals surface area contributed by atoms with Gasteiger partial charge in [-0.25, -0.2) is 4.39 Å². The number of thiophene rings is 2. The molecule has 33 heavy (non-hydrogen) atoms. The van der Waals surface area contributed by atoms with Gasteiger partial charge < -0.3 is 9.42 Å². The summed E-state index contributed by atoms with van der Waals surface area (Å²) in [6.07, 6.45) is 1.84. The lowest BCUT2D eigenvalue weighted by Crippen LogP contribution is -2.48. The molecule has 1 saturated heterocycles. The van der Waals surface area contributed by atoms with E-state index in [1.807, 2.05) is 45.3 Å². The van der Waals surface area contributed by atoms with E-state index in [1.165, 1.54) is 23.5 Å². The molecule has 5 rings (SSSR count). The molecule has 9 heteroatoms. The van der Waals surface area contributed by atoms with Gasteiger partial charge in [-0.2, -0.15) is 16.3 Å². The molecule has 0 N–H and O–H groups in total. The Morgan fingerprint density at radius 3 is 2.61 bits per heavy atom. The van der Waals surface area contributed by atoms with Crippen LogP contribution >= 0.6 is 22.7 Å². The number of amides is 1. The Morgan fingerprint density at radius 2 is 1.91 bits per heavy atom. The highest BCUT2D eigenvalue weighted by Gasteiger charge is 2.26. The standard InChI is InChI=1S/C24H21FN4O2S2/c25-19-5-3-17(4-6-19)14-20(21-2-1-12-33-21)24(30)29-10-8-28(9-11-29)15-22-26-23(27-31-22)18-7-13-32-16-18/h1-7,12-14,16H,8-11,15H2. The van der Waals surface area contributed by atoms with Crippen molar-refractivity contribution in [3.63, 3.8) is 0 Å². The van der Waals surface area contributed by atoms with Gasteiger partial charge in [0.2, 0.25) is 11.7 Å². The Morgan fingerprint density at radius 1 is 1.09 bits per heavy atom. The number of piperazine rings is 1. The molecule has 0 spiro atoms. The van der Waals surface area contributed by atoms with Crippen molar-refractivity contribution in [1.82, 2.24) is 19.9 Å². The highest BCUT2D eigenvalue weighted by molar-refractivity contribution is 7.11. The lowest BCUT2D eigenvalue weighted by molar-refractivity contribution is -0.126. The summed E-state index contributed by atoms with van der Waals surface area (Å²) in [4.78, 5) is 22.9. The summed E-state index contributed by atoms with van der Waals surface area (Å²) in [5, 5.41) is 9.99. The van der Waals surface area contributed by atoms with Crippen LogP contribution in [0.1, 0.15) is 16.3 Å². The lowest BCUT2D eigenvalue weighted by atomic mass is 10.1. The van der Waals surface area contributed by atoms with Crippen molar-refractivity contribution in [1.29, 1.82) is 0 Å². The summed E-state index contributed by atoms with van der Waals surface area (Å²) >= 11 is 3.12. The Labute approximate surface area is 198 Å². The average Bonchev–Trinajstić information content (AvgIpc) is 3.61. The molecule has 1 fully saturated rings. The van der Waals surface area contributed by atoms with E-state index in [4.69, 9.17) is 4.52 Å². The van der Waals surface area contributed by atoms with E-state index in [-0.39, 0.29) is 11.7 Å². The molecular formula is C24H21FN4O2S2. The first-order chi connectivity index (χ1) is 16.2. The zero-order valence-electron chi connectivity index (χ0n) is 17.7. The second-order valence-electron chi connectivity index (χ2n) is 7.68. The van der Waals surface area contributed by atoms with Crippen molar-refractivity contribution < 1.29 is 13.7 Å². The SMILES string of the molecule is O=C(C(=Cc1ccc(F)cc1)c1cccs1)N1CCN(Cc2nc(-c3ccsc3)no2)CC1. The van der Waals surface area contributed by atoms with Crippen LogP contribution in [0.2, 0.25) is 0 Å². The molecule has 4 heterocycles. The third-order valence-corrected chi connectivity index (χ3v) is 7.05. The number of benzene rings is 1. The fraction of sp³-hybridized carbons (Fsp3) is 0.208. The predicted octanol–water partition coefficient (Wildman–Crippen LogP) is 4.88. The van der Waals surface area contributed by atoms with Gasteiger partial charge in [-0.1, -0.05) is 23.4 Å². The number of rotatable bonds is 6. The van der Waals surface area contributed by atoms with Gasteiger partial charge in [0.15, 0.2) is 0 Å². The zero-order chi connectivity index (χ0) is 22.6. The van der Waals surface area contributed by atoms with Crippen LogP contribution in [0.3, 0.4) is 0 Å². The van der Waals surface area contributed by atoms with Crippen molar-refractivity contribution in [3.05, 3.63) is 80.8 Å². The van der Waals surface area contributed by atoms with Crippen LogP contribution in [0.25, 0.3) is 23.0 Å². The molecule has 6 nitrogen and oxygen atoms in total. The van der Waals surface area contributed by atoms with E-state index in [2.05, 4.69) is 15.0 Å². The summed E-state index contributed by atoms with van der Waals surface area (Å²) in [5.41, 5.74) is 2.38. The molecule has 0 saturated carbocycles. The highest BCUT2D eigenvalue weighted by Crippen LogP contribution is 2.26. The van der Waals surface area contributed by atoms with Gasteiger partial charge >= 0.3 is 0 Å². The summed E-state index contributed by atoms with van der Waals surface area (Å²) in [6.45, 7) is 3.21. The minimum Gasteiger partial charge on any atom is -0.338 e. The van der Waals surface area contributed by atoms with Crippen molar-refractivity contribution in [2.45, 2.75) is 6.54 Å². The molecule has 168 valence electrons. The highest BCUT2D eigenvalue weighted by atomic mass is 32.1. The molecular weight excluding hydrogens is 459 g/mol. The number of aromatic nitrogens is 2. The minimum atomic E-state index is -0.295. The van der Waals surface area contributed by atoms with E-state index in [0.29, 0.717) is 36.9 Å². The van der Waals surface area contributed by atoms with Crippen LogP contribution < -0.4 is 0 Å². The van der Waals surface area contributed by atoms with E-state index in [1.54, 1.807) is 23.5 Å². The maximum absolute atomic E-state index is 13.4. The largest absolute Gasteiger partial charge is 0.338 e. The first-order valence-corrected chi connectivity index (χ1v) is 12.4. The number of hydrogen-bond acceptors (Lipinski definition) is 7. The van der Waals surface area contributed by atoms with E-state index < -0.39 is 0 Å².